The number of nitrogens with zero attached hydrogens (tertiary/aromatic N) is 1. The summed E-state index contributed by atoms with van der Waals surface area (Å²) in [5, 5.41) is 7.91. The van der Waals surface area contributed by atoms with E-state index in [1.165, 1.54) is 0 Å². The number of carbonyl (C=O) groups excluding carboxylic acids is 1. The third-order valence-corrected chi connectivity index (χ3v) is 4.65. The van der Waals surface area contributed by atoms with Crippen LogP contribution in [-0.2, 0) is 6.42 Å². The van der Waals surface area contributed by atoms with Gasteiger partial charge in [-0.15, -0.1) is 0 Å². The Morgan fingerprint density at radius 2 is 1.81 bits per heavy atom. The Morgan fingerprint density at radius 3 is 2.67 bits per heavy atom. The van der Waals surface area contributed by atoms with Gasteiger partial charge in [0.15, 0.2) is 5.82 Å². The molecule has 0 aliphatic heterocycles. The number of hydrogen-bond acceptors (Lipinski definition) is 3. The lowest BCUT2D eigenvalue weighted by molar-refractivity contribution is 0.0999. The number of H-pyrrole nitrogens is 1. The lowest BCUT2D eigenvalue weighted by atomic mass is 9.97. The maximum Gasteiger partial charge on any atom is 0.248 e. The first-order chi connectivity index (χ1) is 13.1. The molecule has 5 heteroatoms. The predicted molar refractivity (Wildman–Crippen MR) is 108 cm³/mol. The van der Waals surface area contributed by atoms with Gasteiger partial charge >= 0.3 is 0 Å². The minimum atomic E-state index is -0.403. The van der Waals surface area contributed by atoms with Crippen molar-refractivity contribution in [2.24, 2.45) is 5.73 Å². The molecule has 0 saturated carbocycles. The molecule has 0 atom stereocenters. The molecular weight excluding hydrogens is 336 g/mol. The van der Waals surface area contributed by atoms with Gasteiger partial charge in [0.05, 0.1) is 5.52 Å². The molecule has 0 aliphatic rings. The highest BCUT2D eigenvalue weighted by Gasteiger charge is 2.08. The van der Waals surface area contributed by atoms with Gasteiger partial charge in [-0.05, 0) is 53.3 Å². The van der Waals surface area contributed by atoms with Crippen LogP contribution in [0.5, 0.6) is 0 Å². The number of carbonyl (C=O) groups is 1. The minimum absolute atomic E-state index is 0.403. The van der Waals surface area contributed by atoms with Gasteiger partial charge in [-0.25, -0.2) is 0 Å². The maximum atomic E-state index is 11.6. The van der Waals surface area contributed by atoms with Crippen LogP contribution < -0.4 is 11.5 Å². The highest BCUT2D eigenvalue weighted by atomic mass is 16.1. The summed E-state index contributed by atoms with van der Waals surface area (Å²) < 4.78 is 0. The Kier molecular flexibility index (Phi) is 4.34. The van der Waals surface area contributed by atoms with Crippen molar-refractivity contribution in [3.8, 4) is 11.1 Å². The third kappa shape index (κ3) is 3.40. The number of amides is 1. The largest absolute Gasteiger partial charge is 0.382 e. The summed E-state index contributed by atoms with van der Waals surface area (Å²) in [5.41, 5.74) is 17.0. The molecule has 5 nitrogen and oxygen atoms in total. The van der Waals surface area contributed by atoms with Crippen LogP contribution >= 0.6 is 0 Å². The van der Waals surface area contributed by atoms with Gasteiger partial charge in [-0.1, -0.05) is 48.5 Å². The van der Waals surface area contributed by atoms with Crippen molar-refractivity contribution in [1.29, 1.82) is 0 Å². The van der Waals surface area contributed by atoms with E-state index in [0.29, 0.717) is 17.8 Å². The molecule has 1 amide bonds. The quantitative estimate of drug-likeness (QED) is 0.509. The number of aromatic amines is 1. The van der Waals surface area contributed by atoms with Gasteiger partial charge in [-0.3, -0.25) is 9.89 Å². The second-order valence-corrected chi connectivity index (χ2v) is 6.42. The number of nitrogens with two attached hydrogens (primary N) is 2. The molecule has 133 valence electrons. The fourth-order valence-electron chi connectivity index (χ4n) is 3.23. The molecule has 4 aromatic rings. The SMILES string of the molecule is NC(=O)c1ccccc1C[CH]c1cccc(-c2ccc3c(N)n[nH]c3c2)c1. The van der Waals surface area contributed by atoms with Crippen molar-refractivity contribution in [2.75, 3.05) is 5.73 Å². The van der Waals surface area contributed by atoms with Crippen molar-refractivity contribution >= 4 is 22.6 Å². The molecule has 0 spiro atoms. The molecule has 1 radical (unpaired) electrons. The summed E-state index contributed by atoms with van der Waals surface area (Å²) in [6, 6.07) is 21.7. The van der Waals surface area contributed by atoms with Crippen LogP contribution in [0.1, 0.15) is 21.5 Å². The number of primary amides is 1. The molecular formula is C22H19N4O. The van der Waals surface area contributed by atoms with Crippen molar-refractivity contribution in [1.82, 2.24) is 10.2 Å². The number of benzene rings is 3. The first kappa shape index (κ1) is 16.8. The van der Waals surface area contributed by atoms with E-state index in [1.807, 2.05) is 48.5 Å². The van der Waals surface area contributed by atoms with Crippen LogP contribution in [0.3, 0.4) is 0 Å². The molecule has 0 saturated heterocycles. The van der Waals surface area contributed by atoms with Gasteiger partial charge in [0.2, 0.25) is 5.91 Å². The van der Waals surface area contributed by atoms with Gasteiger partial charge < -0.3 is 11.5 Å². The molecule has 0 unspecified atom stereocenters. The van der Waals surface area contributed by atoms with E-state index < -0.39 is 5.91 Å². The standard InChI is InChI=1S/C22H19N4O/c23-21-19-11-10-17(13-20(19)25-26-21)16-6-3-4-14(12-16)8-9-15-5-1-2-7-18(15)22(24)27/h1-8,10-13H,9H2,(H2,24,27)(H3,23,25,26). The van der Waals surface area contributed by atoms with Crippen LogP contribution in [0, 0.1) is 6.42 Å². The number of nitrogens with one attached hydrogen (secondary N) is 1. The predicted octanol–water partition coefficient (Wildman–Crippen LogP) is 3.71. The number of rotatable bonds is 5. The van der Waals surface area contributed by atoms with Crippen LogP contribution in [0.25, 0.3) is 22.0 Å². The highest BCUT2D eigenvalue weighted by Crippen LogP contribution is 2.27. The Labute approximate surface area is 157 Å². The molecule has 3 aromatic carbocycles. The molecule has 1 heterocycles. The Hall–Kier alpha value is -3.60. The summed E-state index contributed by atoms with van der Waals surface area (Å²) in [4.78, 5) is 11.6. The highest BCUT2D eigenvalue weighted by molar-refractivity contribution is 5.94. The molecule has 0 aliphatic carbocycles. The first-order valence-electron chi connectivity index (χ1n) is 8.67. The normalized spacial score (nSPS) is 11.0. The van der Waals surface area contributed by atoms with E-state index in [4.69, 9.17) is 11.5 Å². The number of aromatic nitrogens is 2. The topological polar surface area (TPSA) is 97.8 Å². The molecule has 5 N–H and O–H groups in total. The molecule has 1 aromatic heterocycles. The maximum absolute atomic E-state index is 11.6. The van der Waals surface area contributed by atoms with Gasteiger partial charge in [0.25, 0.3) is 0 Å². The van der Waals surface area contributed by atoms with Crippen LogP contribution in [-0.4, -0.2) is 16.1 Å². The van der Waals surface area contributed by atoms with Crippen molar-refractivity contribution in [3.63, 3.8) is 0 Å². The smallest absolute Gasteiger partial charge is 0.248 e. The summed E-state index contributed by atoms with van der Waals surface area (Å²) in [5.74, 6) is 0.103. The van der Waals surface area contributed by atoms with E-state index in [-0.39, 0.29) is 0 Å². The number of nitrogen functional groups attached to an aromatic ring is 1. The van der Waals surface area contributed by atoms with Gasteiger partial charge in [0, 0.05) is 10.9 Å². The number of hydrogen-bond donors (Lipinski definition) is 3. The Bertz CT molecular complexity index is 1130. The van der Waals surface area contributed by atoms with Crippen LogP contribution in [0.2, 0.25) is 0 Å². The molecule has 27 heavy (non-hydrogen) atoms. The molecule has 0 bridgehead atoms. The fourth-order valence-corrected chi connectivity index (χ4v) is 3.23. The van der Waals surface area contributed by atoms with E-state index in [1.54, 1.807) is 6.07 Å². The molecule has 0 fully saturated rings. The third-order valence-electron chi connectivity index (χ3n) is 4.65. The van der Waals surface area contributed by atoms with Gasteiger partial charge in [0.1, 0.15) is 0 Å². The van der Waals surface area contributed by atoms with Crippen molar-refractivity contribution < 1.29 is 4.79 Å². The lowest BCUT2D eigenvalue weighted by Gasteiger charge is -2.08. The second kappa shape index (κ2) is 6.96. The van der Waals surface area contributed by atoms with Crippen LogP contribution in [0.15, 0.2) is 66.7 Å². The zero-order chi connectivity index (χ0) is 18.8. The average Bonchev–Trinajstić information content (AvgIpc) is 3.07. The number of anilines is 1. The van der Waals surface area contributed by atoms with Crippen LogP contribution in [0.4, 0.5) is 5.82 Å². The van der Waals surface area contributed by atoms with Gasteiger partial charge in [-0.2, -0.15) is 5.10 Å². The summed E-state index contributed by atoms with van der Waals surface area (Å²) in [6.45, 7) is 0. The monoisotopic (exact) mass is 355 g/mol. The second-order valence-electron chi connectivity index (χ2n) is 6.42. The van der Waals surface area contributed by atoms with E-state index in [9.17, 15) is 4.79 Å². The average molecular weight is 355 g/mol. The molecule has 4 rings (SSSR count). The van der Waals surface area contributed by atoms with E-state index in [0.717, 1.165) is 33.2 Å². The fraction of sp³-hybridized carbons (Fsp3) is 0.0455. The minimum Gasteiger partial charge on any atom is -0.382 e. The summed E-state index contributed by atoms with van der Waals surface area (Å²) >= 11 is 0. The lowest BCUT2D eigenvalue weighted by Crippen LogP contribution is -2.13. The first-order valence-corrected chi connectivity index (χ1v) is 8.67. The van der Waals surface area contributed by atoms with Crippen molar-refractivity contribution in [2.45, 2.75) is 6.42 Å². The zero-order valence-corrected chi connectivity index (χ0v) is 14.6. The number of fused-ring (bicyclic) bond motifs is 1. The summed E-state index contributed by atoms with van der Waals surface area (Å²) in [7, 11) is 0. The Morgan fingerprint density at radius 1 is 1.00 bits per heavy atom. The van der Waals surface area contributed by atoms with Crippen molar-refractivity contribution in [3.05, 3.63) is 89.8 Å². The Balaban J connectivity index is 1.58. The van der Waals surface area contributed by atoms with E-state index in [2.05, 4.69) is 28.8 Å². The summed E-state index contributed by atoms with van der Waals surface area (Å²) in [6.07, 6.45) is 2.73. The zero-order valence-electron chi connectivity index (χ0n) is 14.6. The van der Waals surface area contributed by atoms with E-state index >= 15 is 0 Å².